The van der Waals surface area contributed by atoms with E-state index < -0.39 is 10.0 Å². The summed E-state index contributed by atoms with van der Waals surface area (Å²) in [5, 5.41) is 0.892. The molecule has 2 aliphatic rings. The molecule has 0 aromatic heterocycles. The predicted molar refractivity (Wildman–Crippen MR) is 102 cm³/mol. The SMILES string of the molecule is Cc1cc(S(=O)(=O)N2CCC(C3C=CCC(Cl)=C3)CC2)ccc1Br. The highest BCUT2D eigenvalue weighted by Crippen LogP contribution is 2.33. The van der Waals surface area contributed by atoms with Crippen LogP contribution in [0.5, 0.6) is 0 Å². The molecule has 1 saturated heterocycles. The van der Waals surface area contributed by atoms with Crippen LogP contribution < -0.4 is 0 Å². The summed E-state index contributed by atoms with van der Waals surface area (Å²) >= 11 is 9.56. The Hall–Kier alpha value is -0.620. The lowest BCUT2D eigenvalue weighted by molar-refractivity contribution is 0.249. The average Bonchev–Trinajstić information content (AvgIpc) is 2.57. The first-order valence-electron chi connectivity index (χ1n) is 8.17. The fourth-order valence-electron chi connectivity index (χ4n) is 3.39. The zero-order chi connectivity index (χ0) is 17.3. The molecule has 1 aliphatic carbocycles. The van der Waals surface area contributed by atoms with Crippen LogP contribution in [-0.4, -0.2) is 25.8 Å². The Morgan fingerprint density at radius 1 is 1.25 bits per heavy atom. The van der Waals surface area contributed by atoms with Gasteiger partial charge >= 0.3 is 0 Å². The number of hydrogen-bond acceptors (Lipinski definition) is 2. The molecular weight excluding hydrogens is 410 g/mol. The summed E-state index contributed by atoms with van der Waals surface area (Å²) in [5.74, 6) is 0.805. The molecule has 3 rings (SSSR count). The highest BCUT2D eigenvalue weighted by Gasteiger charge is 2.32. The summed E-state index contributed by atoms with van der Waals surface area (Å²) in [6.07, 6.45) is 8.98. The molecule has 1 aromatic rings. The van der Waals surface area contributed by atoms with Crippen LogP contribution in [0.4, 0.5) is 0 Å². The van der Waals surface area contributed by atoms with E-state index in [1.165, 1.54) is 0 Å². The molecule has 1 atom stereocenters. The van der Waals surface area contributed by atoms with E-state index in [1.807, 2.05) is 6.92 Å². The van der Waals surface area contributed by atoms with Crippen molar-refractivity contribution < 1.29 is 8.42 Å². The standard InChI is InChI=1S/C18H21BrClNO2S/c1-13-11-17(5-6-18(13)19)24(22,23)21-9-7-14(8-10-21)15-3-2-4-16(20)12-15/h2-3,5-6,11-12,14-15H,4,7-10H2,1H3. The maximum Gasteiger partial charge on any atom is 0.243 e. The molecule has 3 nitrogen and oxygen atoms in total. The molecule has 0 N–H and O–H groups in total. The van der Waals surface area contributed by atoms with Crippen LogP contribution in [0.1, 0.15) is 24.8 Å². The Balaban J connectivity index is 1.70. The van der Waals surface area contributed by atoms with Crippen molar-refractivity contribution in [1.29, 1.82) is 0 Å². The van der Waals surface area contributed by atoms with E-state index in [9.17, 15) is 8.42 Å². The number of rotatable bonds is 3. The van der Waals surface area contributed by atoms with Gasteiger partial charge in [0.25, 0.3) is 0 Å². The monoisotopic (exact) mass is 429 g/mol. The van der Waals surface area contributed by atoms with E-state index >= 15 is 0 Å². The third-order valence-electron chi connectivity index (χ3n) is 4.85. The van der Waals surface area contributed by atoms with Crippen LogP contribution in [0, 0.1) is 18.8 Å². The van der Waals surface area contributed by atoms with Gasteiger partial charge in [-0.1, -0.05) is 45.8 Å². The van der Waals surface area contributed by atoms with Gasteiger partial charge in [-0.3, -0.25) is 0 Å². The maximum atomic E-state index is 12.8. The van der Waals surface area contributed by atoms with Crippen molar-refractivity contribution in [2.24, 2.45) is 11.8 Å². The molecule has 24 heavy (non-hydrogen) atoms. The van der Waals surface area contributed by atoms with Crippen LogP contribution in [0.3, 0.4) is 0 Å². The Morgan fingerprint density at radius 3 is 2.58 bits per heavy atom. The quantitative estimate of drug-likeness (QED) is 0.642. The lowest BCUT2D eigenvalue weighted by atomic mass is 9.83. The topological polar surface area (TPSA) is 37.4 Å². The zero-order valence-corrected chi connectivity index (χ0v) is 16.7. The molecule has 1 fully saturated rings. The first-order valence-corrected chi connectivity index (χ1v) is 10.8. The van der Waals surface area contributed by atoms with E-state index in [0.29, 0.717) is 29.8 Å². The van der Waals surface area contributed by atoms with Gasteiger partial charge in [-0.25, -0.2) is 8.42 Å². The Labute approximate surface area is 157 Å². The molecule has 0 spiro atoms. The lowest BCUT2D eigenvalue weighted by Crippen LogP contribution is -2.39. The minimum atomic E-state index is -3.41. The summed E-state index contributed by atoms with van der Waals surface area (Å²) in [6, 6.07) is 5.21. The smallest absolute Gasteiger partial charge is 0.207 e. The van der Waals surface area contributed by atoms with Gasteiger partial charge in [0, 0.05) is 29.0 Å². The van der Waals surface area contributed by atoms with Crippen LogP contribution in [0.15, 0.2) is 50.8 Å². The largest absolute Gasteiger partial charge is 0.243 e. The van der Waals surface area contributed by atoms with Crippen LogP contribution in [0.25, 0.3) is 0 Å². The lowest BCUT2D eigenvalue weighted by Gasteiger charge is -2.34. The van der Waals surface area contributed by atoms with Crippen LogP contribution in [0.2, 0.25) is 0 Å². The van der Waals surface area contributed by atoms with Crippen molar-refractivity contribution in [1.82, 2.24) is 4.31 Å². The zero-order valence-electron chi connectivity index (χ0n) is 13.6. The van der Waals surface area contributed by atoms with E-state index in [4.69, 9.17) is 11.6 Å². The fraction of sp³-hybridized carbons (Fsp3) is 0.444. The number of aryl methyl sites for hydroxylation is 1. The molecule has 1 unspecified atom stereocenters. The molecule has 0 saturated carbocycles. The summed E-state index contributed by atoms with van der Waals surface area (Å²) in [6.45, 7) is 3.04. The van der Waals surface area contributed by atoms with Gasteiger partial charge in [-0.15, -0.1) is 0 Å². The van der Waals surface area contributed by atoms with Crippen molar-refractivity contribution in [3.63, 3.8) is 0 Å². The van der Waals surface area contributed by atoms with Crippen LogP contribution in [-0.2, 0) is 10.0 Å². The van der Waals surface area contributed by atoms with Gasteiger partial charge in [0.2, 0.25) is 10.0 Å². The van der Waals surface area contributed by atoms with Gasteiger partial charge < -0.3 is 0 Å². The van der Waals surface area contributed by atoms with Gasteiger partial charge in [-0.05, 0) is 55.4 Å². The summed E-state index contributed by atoms with van der Waals surface area (Å²) in [7, 11) is -3.41. The third kappa shape index (κ3) is 3.79. The fourth-order valence-corrected chi connectivity index (χ4v) is 5.43. The Bertz CT molecular complexity index is 780. The number of benzene rings is 1. The number of allylic oxidation sites excluding steroid dienone is 4. The second-order valence-electron chi connectivity index (χ2n) is 6.48. The van der Waals surface area contributed by atoms with Crippen molar-refractivity contribution in [3.8, 4) is 0 Å². The molecule has 0 amide bonds. The van der Waals surface area contributed by atoms with Crippen molar-refractivity contribution in [2.45, 2.75) is 31.1 Å². The van der Waals surface area contributed by atoms with E-state index in [1.54, 1.807) is 22.5 Å². The molecule has 1 heterocycles. The minimum Gasteiger partial charge on any atom is -0.207 e. The second kappa shape index (κ2) is 7.32. The summed E-state index contributed by atoms with van der Waals surface area (Å²) in [5.41, 5.74) is 0.929. The highest BCUT2D eigenvalue weighted by atomic mass is 79.9. The van der Waals surface area contributed by atoms with E-state index in [0.717, 1.165) is 34.3 Å². The normalized spacial score (nSPS) is 23.3. The van der Waals surface area contributed by atoms with Crippen molar-refractivity contribution in [3.05, 3.63) is 51.5 Å². The van der Waals surface area contributed by atoms with Gasteiger partial charge in [0.05, 0.1) is 4.90 Å². The first-order chi connectivity index (χ1) is 11.4. The van der Waals surface area contributed by atoms with Gasteiger partial charge in [0.15, 0.2) is 0 Å². The molecule has 0 radical (unpaired) electrons. The highest BCUT2D eigenvalue weighted by molar-refractivity contribution is 9.10. The Morgan fingerprint density at radius 2 is 1.96 bits per heavy atom. The average molecular weight is 431 g/mol. The first kappa shape index (κ1) is 18.2. The molecule has 1 aromatic carbocycles. The summed E-state index contributed by atoms with van der Waals surface area (Å²) in [4.78, 5) is 0.377. The number of piperidine rings is 1. The molecule has 0 bridgehead atoms. The van der Waals surface area contributed by atoms with E-state index in [2.05, 4.69) is 34.2 Å². The molecular formula is C18H21BrClNO2S. The number of sulfonamides is 1. The van der Waals surface area contributed by atoms with Crippen molar-refractivity contribution in [2.75, 3.05) is 13.1 Å². The van der Waals surface area contributed by atoms with Gasteiger partial charge in [0.1, 0.15) is 0 Å². The maximum absolute atomic E-state index is 12.8. The van der Waals surface area contributed by atoms with Crippen molar-refractivity contribution >= 4 is 37.6 Å². The molecule has 6 heteroatoms. The van der Waals surface area contributed by atoms with E-state index in [-0.39, 0.29) is 0 Å². The Kier molecular flexibility index (Phi) is 5.55. The van der Waals surface area contributed by atoms with Gasteiger partial charge in [-0.2, -0.15) is 4.31 Å². The minimum absolute atomic E-state index is 0.339. The number of halogens is 2. The third-order valence-corrected chi connectivity index (χ3v) is 7.92. The molecule has 1 aliphatic heterocycles. The predicted octanol–water partition coefficient (Wildman–Crippen LogP) is 4.86. The second-order valence-corrected chi connectivity index (χ2v) is 9.75. The number of nitrogens with zero attached hydrogens (tertiary/aromatic N) is 1. The molecule has 130 valence electrons. The summed E-state index contributed by atoms with van der Waals surface area (Å²) < 4.78 is 28.2. The van der Waals surface area contributed by atoms with Crippen LogP contribution >= 0.6 is 27.5 Å². The number of hydrogen-bond donors (Lipinski definition) is 0.